The van der Waals surface area contributed by atoms with Crippen LogP contribution >= 0.6 is 27.5 Å². The fourth-order valence-corrected chi connectivity index (χ4v) is 1.48. The first-order chi connectivity index (χ1) is 4.72. The van der Waals surface area contributed by atoms with E-state index < -0.39 is 0 Å². The third-order valence-corrected chi connectivity index (χ3v) is 1.75. The summed E-state index contributed by atoms with van der Waals surface area (Å²) in [5, 5.41) is 0.672. The predicted octanol–water partition coefficient (Wildman–Crippen LogP) is 3.11. The molecule has 1 aromatic carbocycles. The first kappa shape index (κ1) is 7.89. The van der Waals surface area contributed by atoms with E-state index >= 15 is 0 Å². The number of hydrogen-bond acceptors (Lipinski definition) is 1. The maximum Gasteiger partial charge on any atom is 0.121 e. The number of halogens is 2. The molecule has 0 aliphatic carbocycles. The fraction of sp³-hybridized carbons (Fsp3) is 0.143. The van der Waals surface area contributed by atoms with Gasteiger partial charge in [0.1, 0.15) is 5.75 Å². The molecule has 1 rings (SSSR count). The van der Waals surface area contributed by atoms with Gasteiger partial charge in [0.05, 0.1) is 7.11 Å². The van der Waals surface area contributed by atoms with Crippen LogP contribution in [0, 0.1) is 0 Å². The Hall–Kier alpha value is -0.210. The Bertz CT molecular complexity index is 217. The average molecular weight is 221 g/mol. The SMILES string of the molecule is COc1cc(Cl)cc(Br)c1. The summed E-state index contributed by atoms with van der Waals surface area (Å²) in [6, 6.07) is 5.42. The Morgan fingerprint density at radius 2 is 2.10 bits per heavy atom. The van der Waals surface area contributed by atoms with Crippen molar-refractivity contribution in [1.29, 1.82) is 0 Å². The largest absolute Gasteiger partial charge is 0.497 e. The summed E-state index contributed by atoms with van der Waals surface area (Å²) >= 11 is 9.01. The van der Waals surface area contributed by atoms with Gasteiger partial charge in [0, 0.05) is 9.50 Å². The quantitative estimate of drug-likeness (QED) is 0.708. The highest BCUT2D eigenvalue weighted by Gasteiger charge is 1.95. The van der Waals surface area contributed by atoms with Gasteiger partial charge < -0.3 is 4.74 Å². The van der Waals surface area contributed by atoms with Crippen LogP contribution in [0.2, 0.25) is 5.02 Å². The van der Waals surface area contributed by atoms with E-state index in [0.717, 1.165) is 10.2 Å². The molecule has 0 radical (unpaired) electrons. The Balaban J connectivity index is 3.06. The molecule has 0 unspecified atom stereocenters. The van der Waals surface area contributed by atoms with Gasteiger partial charge >= 0.3 is 0 Å². The predicted molar refractivity (Wildman–Crippen MR) is 45.7 cm³/mol. The minimum Gasteiger partial charge on any atom is -0.497 e. The van der Waals surface area contributed by atoms with Crippen LogP contribution in [0.4, 0.5) is 0 Å². The van der Waals surface area contributed by atoms with Crippen molar-refractivity contribution in [3.8, 4) is 5.75 Å². The summed E-state index contributed by atoms with van der Waals surface area (Å²) in [6.45, 7) is 0. The fourth-order valence-electron chi connectivity index (χ4n) is 0.646. The van der Waals surface area contributed by atoms with E-state index in [2.05, 4.69) is 15.9 Å². The second-order valence-electron chi connectivity index (χ2n) is 1.81. The van der Waals surface area contributed by atoms with Crippen LogP contribution in [0.15, 0.2) is 22.7 Å². The van der Waals surface area contributed by atoms with Crippen LogP contribution in [0.25, 0.3) is 0 Å². The molecule has 0 aliphatic heterocycles. The Morgan fingerprint density at radius 3 is 2.60 bits per heavy atom. The topological polar surface area (TPSA) is 9.23 Å². The highest BCUT2D eigenvalue weighted by Crippen LogP contribution is 2.23. The molecular weight excluding hydrogens is 215 g/mol. The van der Waals surface area contributed by atoms with E-state index in [4.69, 9.17) is 16.3 Å². The molecule has 54 valence electrons. The van der Waals surface area contributed by atoms with Crippen molar-refractivity contribution in [2.75, 3.05) is 7.11 Å². The van der Waals surface area contributed by atoms with Crippen molar-refractivity contribution < 1.29 is 4.74 Å². The summed E-state index contributed by atoms with van der Waals surface area (Å²) < 4.78 is 5.89. The lowest BCUT2D eigenvalue weighted by Crippen LogP contribution is -1.81. The van der Waals surface area contributed by atoms with Crippen LogP contribution in [-0.2, 0) is 0 Å². The van der Waals surface area contributed by atoms with Crippen LogP contribution in [-0.4, -0.2) is 7.11 Å². The highest BCUT2D eigenvalue weighted by molar-refractivity contribution is 9.10. The minimum atomic E-state index is 0.672. The molecule has 1 aromatic rings. The third-order valence-electron chi connectivity index (χ3n) is 1.07. The first-order valence-corrected chi connectivity index (χ1v) is 3.89. The van der Waals surface area contributed by atoms with E-state index in [1.807, 2.05) is 12.1 Å². The molecule has 1 nitrogen and oxygen atoms in total. The maximum absolute atomic E-state index is 5.72. The van der Waals surface area contributed by atoms with Gasteiger partial charge in [-0.3, -0.25) is 0 Å². The molecule has 0 heterocycles. The van der Waals surface area contributed by atoms with E-state index in [-0.39, 0.29) is 0 Å². The molecule has 0 bridgehead atoms. The number of hydrogen-bond donors (Lipinski definition) is 0. The van der Waals surface area contributed by atoms with E-state index in [0.29, 0.717) is 5.02 Å². The van der Waals surface area contributed by atoms with Crippen LogP contribution in [0.5, 0.6) is 5.75 Å². The van der Waals surface area contributed by atoms with Crippen molar-refractivity contribution in [3.63, 3.8) is 0 Å². The second kappa shape index (κ2) is 3.26. The summed E-state index contributed by atoms with van der Waals surface area (Å²) in [5.74, 6) is 0.763. The van der Waals surface area contributed by atoms with Gasteiger partial charge in [0.2, 0.25) is 0 Å². The van der Waals surface area contributed by atoms with Crippen LogP contribution in [0.3, 0.4) is 0 Å². The summed E-state index contributed by atoms with van der Waals surface area (Å²) in [4.78, 5) is 0. The molecule has 0 saturated carbocycles. The number of methoxy groups -OCH3 is 1. The standard InChI is InChI=1S/C7H6BrClO/c1-10-7-3-5(8)2-6(9)4-7/h2-4H,1H3. The minimum absolute atomic E-state index is 0.672. The molecule has 10 heavy (non-hydrogen) atoms. The van der Waals surface area contributed by atoms with Crippen molar-refractivity contribution in [2.24, 2.45) is 0 Å². The summed E-state index contributed by atoms with van der Waals surface area (Å²) in [5.41, 5.74) is 0. The van der Waals surface area contributed by atoms with Crippen molar-refractivity contribution >= 4 is 27.5 Å². The highest BCUT2D eigenvalue weighted by atomic mass is 79.9. The Labute approximate surface area is 73.1 Å². The normalized spacial score (nSPS) is 9.50. The summed E-state index contributed by atoms with van der Waals surface area (Å²) in [7, 11) is 1.61. The molecule has 0 atom stereocenters. The first-order valence-electron chi connectivity index (χ1n) is 2.72. The molecule has 0 N–H and O–H groups in total. The van der Waals surface area contributed by atoms with E-state index in [1.165, 1.54) is 0 Å². The monoisotopic (exact) mass is 220 g/mol. The third kappa shape index (κ3) is 1.89. The zero-order valence-corrected chi connectivity index (χ0v) is 7.74. The number of ether oxygens (including phenoxy) is 1. The maximum atomic E-state index is 5.72. The zero-order chi connectivity index (χ0) is 7.56. The van der Waals surface area contributed by atoms with Gasteiger partial charge in [0.25, 0.3) is 0 Å². The molecule has 0 amide bonds. The van der Waals surface area contributed by atoms with Gasteiger partial charge in [-0.1, -0.05) is 27.5 Å². The molecule has 0 aliphatic rings. The lowest BCUT2D eigenvalue weighted by molar-refractivity contribution is 0.414. The van der Waals surface area contributed by atoms with Crippen molar-refractivity contribution in [1.82, 2.24) is 0 Å². The Kier molecular flexibility index (Phi) is 2.57. The Morgan fingerprint density at radius 1 is 1.40 bits per heavy atom. The van der Waals surface area contributed by atoms with Crippen molar-refractivity contribution in [2.45, 2.75) is 0 Å². The van der Waals surface area contributed by atoms with Gasteiger partial charge in [0.15, 0.2) is 0 Å². The van der Waals surface area contributed by atoms with Crippen LogP contribution < -0.4 is 4.74 Å². The lowest BCUT2D eigenvalue weighted by Gasteiger charge is -1.99. The smallest absolute Gasteiger partial charge is 0.121 e. The molecule has 0 aromatic heterocycles. The average Bonchev–Trinajstić information content (AvgIpc) is 1.85. The van der Waals surface area contributed by atoms with Gasteiger partial charge in [-0.15, -0.1) is 0 Å². The van der Waals surface area contributed by atoms with E-state index in [9.17, 15) is 0 Å². The van der Waals surface area contributed by atoms with E-state index in [1.54, 1.807) is 13.2 Å². The van der Waals surface area contributed by atoms with Crippen LogP contribution in [0.1, 0.15) is 0 Å². The number of rotatable bonds is 1. The van der Waals surface area contributed by atoms with Gasteiger partial charge in [-0.25, -0.2) is 0 Å². The summed E-state index contributed by atoms with van der Waals surface area (Å²) in [6.07, 6.45) is 0. The van der Waals surface area contributed by atoms with Gasteiger partial charge in [-0.05, 0) is 18.2 Å². The lowest BCUT2D eigenvalue weighted by atomic mass is 10.3. The second-order valence-corrected chi connectivity index (χ2v) is 3.16. The zero-order valence-electron chi connectivity index (χ0n) is 5.40. The molecule has 0 fully saturated rings. The molecule has 0 saturated heterocycles. The number of benzene rings is 1. The van der Waals surface area contributed by atoms with Crippen molar-refractivity contribution in [3.05, 3.63) is 27.7 Å². The molecule has 0 spiro atoms. The van der Waals surface area contributed by atoms with Gasteiger partial charge in [-0.2, -0.15) is 0 Å². The molecular formula is C7H6BrClO. The molecule has 3 heteroatoms.